The van der Waals surface area contributed by atoms with Crippen molar-refractivity contribution in [3.8, 4) is 28.7 Å². The SMILES string of the molecule is c1ccc(-c2nc(-c3ccccc3)nc(-n3c4ccccc4c4ccc5c(ccc6c7ccccc7oc65)c43)n2)cc1. The molecule has 3 heterocycles. The molecule has 0 aliphatic heterocycles. The van der Waals surface area contributed by atoms with Gasteiger partial charge in [-0.1, -0.05) is 109 Å². The molecule has 0 aliphatic rings. The zero-order valence-electron chi connectivity index (χ0n) is 22.4. The monoisotopic (exact) mass is 538 g/mol. The summed E-state index contributed by atoms with van der Waals surface area (Å²) in [5.74, 6) is 1.83. The molecule has 5 nitrogen and oxygen atoms in total. The second kappa shape index (κ2) is 8.85. The molecule has 0 N–H and O–H groups in total. The molecule has 196 valence electrons. The first-order chi connectivity index (χ1) is 20.8. The highest BCUT2D eigenvalue weighted by Crippen LogP contribution is 2.40. The average Bonchev–Trinajstić information content (AvgIpc) is 3.62. The lowest BCUT2D eigenvalue weighted by Crippen LogP contribution is -2.06. The van der Waals surface area contributed by atoms with E-state index < -0.39 is 0 Å². The first-order valence-corrected chi connectivity index (χ1v) is 14.0. The lowest BCUT2D eigenvalue weighted by Gasteiger charge is -2.12. The van der Waals surface area contributed by atoms with E-state index in [4.69, 9.17) is 19.4 Å². The third-order valence-electron chi connectivity index (χ3n) is 8.06. The molecule has 0 atom stereocenters. The third-order valence-corrected chi connectivity index (χ3v) is 8.06. The summed E-state index contributed by atoms with van der Waals surface area (Å²) in [5.41, 5.74) is 5.73. The quantitative estimate of drug-likeness (QED) is 0.225. The molecule has 5 heteroatoms. The van der Waals surface area contributed by atoms with Gasteiger partial charge < -0.3 is 4.42 Å². The molecule has 0 amide bonds. The van der Waals surface area contributed by atoms with Gasteiger partial charge in [0, 0.05) is 43.4 Å². The van der Waals surface area contributed by atoms with Crippen LogP contribution in [0.15, 0.2) is 138 Å². The van der Waals surface area contributed by atoms with E-state index in [1.165, 1.54) is 0 Å². The number of fused-ring (bicyclic) bond motifs is 9. The number of nitrogens with zero attached hydrogens (tertiary/aromatic N) is 4. The maximum atomic E-state index is 6.44. The Bertz CT molecular complexity index is 2400. The van der Waals surface area contributed by atoms with Gasteiger partial charge in [-0.25, -0.2) is 4.98 Å². The zero-order chi connectivity index (χ0) is 27.6. The second-order valence-electron chi connectivity index (χ2n) is 10.5. The largest absolute Gasteiger partial charge is 0.455 e. The van der Waals surface area contributed by atoms with Crippen LogP contribution in [0.3, 0.4) is 0 Å². The predicted octanol–water partition coefficient (Wildman–Crippen LogP) is 9.36. The Balaban J connectivity index is 1.42. The van der Waals surface area contributed by atoms with Crippen molar-refractivity contribution in [2.45, 2.75) is 0 Å². The highest BCUT2D eigenvalue weighted by atomic mass is 16.3. The normalized spacial score (nSPS) is 11.8. The van der Waals surface area contributed by atoms with Crippen molar-refractivity contribution in [3.05, 3.63) is 133 Å². The maximum Gasteiger partial charge on any atom is 0.238 e. The molecular formula is C37H22N4O. The summed E-state index contributed by atoms with van der Waals surface area (Å²) >= 11 is 0. The summed E-state index contributed by atoms with van der Waals surface area (Å²) in [7, 11) is 0. The Morgan fingerprint density at radius 2 is 0.952 bits per heavy atom. The van der Waals surface area contributed by atoms with E-state index >= 15 is 0 Å². The van der Waals surface area contributed by atoms with Gasteiger partial charge in [-0.2, -0.15) is 9.97 Å². The number of aromatic nitrogens is 4. The number of rotatable bonds is 3. The van der Waals surface area contributed by atoms with E-state index in [1.807, 2.05) is 72.8 Å². The number of furan rings is 1. The smallest absolute Gasteiger partial charge is 0.238 e. The molecule has 0 fully saturated rings. The van der Waals surface area contributed by atoms with Crippen LogP contribution < -0.4 is 0 Å². The maximum absolute atomic E-state index is 6.44. The molecule has 0 saturated heterocycles. The summed E-state index contributed by atoms with van der Waals surface area (Å²) in [6.45, 7) is 0. The molecule has 9 rings (SSSR count). The molecule has 0 unspecified atom stereocenters. The van der Waals surface area contributed by atoms with Gasteiger partial charge in [0.25, 0.3) is 0 Å². The van der Waals surface area contributed by atoms with Gasteiger partial charge in [0.05, 0.1) is 11.0 Å². The number of hydrogen-bond acceptors (Lipinski definition) is 4. The van der Waals surface area contributed by atoms with Crippen LogP contribution in [0.1, 0.15) is 0 Å². The van der Waals surface area contributed by atoms with Crippen molar-refractivity contribution in [2.75, 3.05) is 0 Å². The molecule has 6 aromatic carbocycles. The molecule has 0 spiro atoms. The Labute approximate surface area is 240 Å². The van der Waals surface area contributed by atoms with Gasteiger partial charge in [0.1, 0.15) is 11.2 Å². The molecule has 0 bridgehead atoms. The minimum atomic E-state index is 0.575. The highest BCUT2D eigenvalue weighted by molar-refractivity contribution is 6.24. The summed E-state index contributed by atoms with van der Waals surface area (Å²) in [6.07, 6.45) is 0. The molecule has 42 heavy (non-hydrogen) atoms. The van der Waals surface area contributed by atoms with E-state index in [9.17, 15) is 0 Å². The highest BCUT2D eigenvalue weighted by Gasteiger charge is 2.21. The number of benzene rings is 6. The summed E-state index contributed by atoms with van der Waals surface area (Å²) in [5, 5.41) is 6.64. The van der Waals surface area contributed by atoms with Crippen molar-refractivity contribution in [1.82, 2.24) is 19.5 Å². The fourth-order valence-corrected chi connectivity index (χ4v) is 6.15. The van der Waals surface area contributed by atoms with Gasteiger partial charge >= 0.3 is 0 Å². The van der Waals surface area contributed by atoms with E-state index in [-0.39, 0.29) is 0 Å². The van der Waals surface area contributed by atoms with Crippen molar-refractivity contribution in [3.63, 3.8) is 0 Å². The molecule has 3 aromatic heterocycles. The second-order valence-corrected chi connectivity index (χ2v) is 10.5. The van der Waals surface area contributed by atoms with Crippen LogP contribution >= 0.6 is 0 Å². The van der Waals surface area contributed by atoms with Crippen molar-refractivity contribution in [1.29, 1.82) is 0 Å². The van der Waals surface area contributed by atoms with Crippen LogP contribution in [0.25, 0.3) is 83.2 Å². The fraction of sp³-hybridized carbons (Fsp3) is 0. The average molecular weight is 539 g/mol. The van der Waals surface area contributed by atoms with Gasteiger partial charge in [0.15, 0.2) is 11.6 Å². The van der Waals surface area contributed by atoms with Crippen molar-refractivity contribution in [2.24, 2.45) is 0 Å². The molecule has 0 saturated carbocycles. The van der Waals surface area contributed by atoms with Crippen LogP contribution in [-0.4, -0.2) is 19.5 Å². The van der Waals surface area contributed by atoms with Gasteiger partial charge in [-0.05, 0) is 24.3 Å². The topological polar surface area (TPSA) is 56.7 Å². The van der Waals surface area contributed by atoms with Crippen LogP contribution in [0.4, 0.5) is 0 Å². The van der Waals surface area contributed by atoms with E-state index in [0.717, 1.165) is 65.6 Å². The van der Waals surface area contributed by atoms with E-state index in [1.54, 1.807) is 0 Å². The summed E-state index contributed by atoms with van der Waals surface area (Å²) in [6, 6.07) is 45.6. The summed E-state index contributed by atoms with van der Waals surface area (Å²) in [4.78, 5) is 15.1. The first-order valence-electron chi connectivity index (χ1n) is 14.0. The molecule has 0 aliphatic carbocycles. The van der Waals surface area contributed by atoms with Crippen LogP contribution in [-0.2, 0) is 0 Å². The Morgan fingerprint density at radius 1 is 0.429 bits per heavy atom. The van der Waals surface area contributed by atoms with Gasteiger partial charge in [-0.3, -0.25) is 4.57 Å². The molecular weight excluding hydrogens is 516 g/mol. The predicted molar refractivity (Wildman–Crippen MR) is 170 cm³/mol. The van der Waals surface area contributed by atoms with Crippen molar-refractivity contribution >= 4 is 54.5 Å². The first kappa shape index (κ1) is 22.9. The third kappa shape index (κ3) is 3.34. The minimum Gasteiger partial charge on any atom is -0.455 e. The van der Waals surface area contributed by atoms with Gasteiger partial charge in [0.2, 0.25) is 5.95 Å². The number of para-hydroxylation sites is 2. The Kier molecular flexibility index (Phi) is 4.83. The van der Waals surface area contributed by atoms with E-state index in [2.05, 4.69) is 65.2 Å². The van der Waals surface area contributed by atoms with Crippen molar-refractivity contribution < 1.29 is 4.42 Å². The molecule has 9 aromatic rings. The minimum absolute atomic E-state index is 0.575. The van der Waals surface area contributed by atoms with Crippen LogP contribution in [0, 0.1) is 0 Å². The van der Waals surface area contributed by atoms with Gasteiger partial charge in [-0.15, -0.1) is 0 Å². The number of hydrogen-bond donors (Lipinski definition) is 0. The lowest BCUT2D eigenvalue weighted by atomic mass is 10.0. The Morgan fingerprint density at radius 3 is 1.64 bits per heavy atom. The fourth-order valence-electron chi connectivity index (χ4n) is 6.15. The Hall–Kier alpha value is -5.81. The molecule has 0 radical (unpaired) electrons. The van der Waals surface area contributed by atoms with Crippen LogP contribution in [0.2, 0.25) is 0 Å². The van der Waals surface area contributed by atoms with Crippen LogP contribution in [0.5, 0.6) is 0 Å². The van der Waals surface area contributed by atoms with E-state index in [0.29, 0.717) is 17.6 Å². The lowest BCUT2D eigenvalue weighted by molar-refractivity contribution is 0.672. The zero-order valence-corrected chi connectivity index (χ0v) is 22.4. The summed E-state index contributed by atoms with van der Waals surface area (Å²) < 4.78 is 8.62. The standard InChI is InChI=1S/C37H22N4O/c1-3-11-23(12-4-1)35-38-36(24-13-5-2-6-14-24)40-37(39-35)41-31-17-9-7-15-25(31)27-19-22-30-28(33(27)41)20-21-29-26-16-8-10-18-32(26)42-34(29)30/h1-22H.